The van der Waals surface area contributed by atoms with E-state index in [-0.39, 0.29) is 50.4 Å². The van der Waals surface area contributed by atoms with Crippen molar-refractivity contribution >= 4 is 58.2 Å². The molecule has 5 rings (SSSR count). The van der Waals surface area contributed by atoms with E-state index in [2.05, 4.69) is 5.32 Å². The zero-order chi connectivity index (χ0) is 34.7. The Labute approximate surface area is 289 Å². The van der Waals surface area contributed by atoms with Gasteiger partial charge in [0.15, 0.2) is 29.1 Å². The second-order valence-electron chi connectivity index (χ2n) is 10.5. The predicted molar refractivity (Wildman–Crippen MR) is 181 cm³/mol. The fraction of sp³-hybridized carbons (Fsp3) is 0.235. The third-order valence-electron chi connectivity index (χ3n) is 7.67. The number of carbonyl (C=O) groups is 2. The van der Waals surface area contributed by atoms with Gasteiger partial charge in [0.25, 0.3) is 0 Å². The van der Waals surface area contributed by atoms with Crippen LogP contribution in [-0.2, 0) is 14.3 Å². The first-order valence-corrected chi connectivity index (χ1v) is 16.0. The van der Waals surface area contributed by atoms with Crippen LogP contribution in [0.25, 0.3) is 0 Å². The maximum Gasteiger partial charge on any atom is 0.308 e. The first-order valence-electron chi connectivity index (χ1n) is 14.3. The summed E-state index contributed by atoms with van der Waals surface area (Å²) < 4.78 is 59.0. The van der Waals surface area contributed by atoms with Crippen molar-refractivity contribution in [3.05, 3.63) is 105 Å². The van der Waals surface area contributed by atoms with Crippen LogP contribution in [0.3, 0.4) is 0 Å². The van der Waals surface area contributed by atoms with Crippen LogP contribution in [-0.4, -0.2) is 45.6 Å². The van der Waals surface area contributed by atoms with Crippen LogP contribution in [0.2, 0.25) is 10.0 Å². The number of methoxy groups -OCH3 is 4. The van der Waals surface area contributed by atoms with E-state index < -0.39 is 46.5 Å². The number of anilines is 2. The minimum Gasteiger partial charge on any atom is -0.493 e. The molecule has 0 aromatic heterocycles. The Morgan fingerprint density at radius 3 is 2.17 bits per heavy atom. The molecule has 0 bridgehead atoms. The Bertz CT molecular complexity index is 1880. The fourth-order valence-electron chi connectivity index (χ4n) is 5.46. The van der Waals surface area contributed by atoms with Crippen LogP contribution < -0.4 is 30.0 Å². The molecular weight excluding hydrogens is 689 g/mol. The van der Waals surface area contributed by atoms with Crippen molar-refractivity contribution in [1.29, 1.82) is 0 Å². The molecule has 1 aliphatic rings. The number of hydrogen-bond acceptors (Lipinski definition) is 9. The maximum absolute atomic E-state index is 15.7. The van der Waals surface area contributed by atoms with Crippen LogP contribution in [0.4, 0.5) is 20.2 Å². The van der Waals surface area contributed by atoms with Gasteiger partial charge in [0.05, 0.1) is 56.5 Å². The van der Waals surface area contributed by atoms with Crippen molar-refractivity contribution in [2.24, 2.45) is 0 Å². The maximum atomic E-state index is 15.7. The molecule has 48 heavy (non-hydrogen) atoms. The molecule has 1 heterocycles. The summed E-state index contributed by atoms with van der Waals surface area (Å²) in [5.74, 6) is -2.39. The van der Waals surface area contributed by atoms with Crippen molar-refractivity contribution in [2.45, 2.75) is 23.0 Å². The van der Waals surface area contributed by atoms with E-state index >= 15 is 8.78 Å². The average molecular weight is 720 g/mol. The largest absolute Gasteiger partial charge is 0.493 e. The zero-order valence-corrected chi connectivity index (χ0v) is 28.4. The highest BCUT2D eigenvalue weighted by atomic mass is 35.5. The molecule has 3 N–H and O–H groups in total. The van der Waals surface area contributed by atoms with E-state index in [1.807, 2.05) is 0 Å². The first-order chi connectivity index (χ1) is 23.0. The van der Waals surface area contributed by atoms with E-state index in [0.717, 1.165) is 17.8 Å². The summed E-state index contributed by atoms with van der Waals surface area (Å²) in [6, 6.07) is 14.4. The summed E-state index contributed by atoms with van der Waals surface area (Å²) in [6.07, 6.45) is -1.99. The van der Waals surface area contributed by atoms with Crippen molar-refractivity contribution in [2.75, 3.05) is 39.5 Å². The number of amides is 1. The van der Waals surface area contributed by atoms with E-state index in [0.29, 0.717) is 16.3 Å². The normalized spacial score (nSPS) is 16.2. The molecular formula is C34H30Cl2F2N2O7S. The zero-order valence-electron chi connectivity index (χ0n) is 26.1. The highest BCUT2D eigenvalue weighted by Gasteiger charge is 2.38. The predicted octanol–water partition coefficient (Wildman–Crippen LogP) is 7.75. The van der Waals surface area contributed by atoms with Crippen molar-refractivity contribution in [1.82, 2.24) is 0 Å². The smallest absolute Gasteiger partial charge is 0.308 e. The standard InChI is InChI=1S/C34H30Cl2F2N2O7S/c1-43-24-11-7-20(37)28(31(24)45-3)30(18-13-16(35)5-9-22(18)39)47-27(41)15-26-34(42)40-23-10-6-17(36)14-19(23)33(48-26)29-21(38)8-12-25(44-2)32(29)46-4/h5-14,26,30,33H,15,39H2,1-4H3,(H,40,42). The second-order valence-corrected chi connectivity index (χ2v) is 12.7. The lowest BCUT2D eigenvalue weighted by molar-refractivity contribution is -0.148. The molecule has 3 atom stereocenters. The quantitative estimate of drug-likeness (QED) is 0.125. The number of nitrogen functional groups attached to an aromatic ring is 1. The molecule has 0 saturated carbocycles. The molecule has 4 aromatic carbocycles. The van der Waals surface area contributed by atoms with Crippen molar-refractivity contribution in [3.8, 4) is 23.0 Å². The second kappa shape index (κ2) is 14.8. The number of nitrogens with two attached hydrogens (primary N) is 1. The van der Waals surface area contributed by atoms with Crippen molar-refractivity contribution < 1.29 is 42.1 Å². The lowest BCUT2D eigenvalue weighted by atomic mass is 9.97. The number of halogens is 4. The molecule has 0 radical (unpaired) electrons. The number of nitrogens with one attached hydrogen (secondary N) is 1. The summed E-state index contributed by atoms with van der Waals surface area (Å²) >= 11 is 13.6. The third kappa shape index (κ3) is 6.92. The topological polar surface area (TPSA) is 118 Å². The van der Waals surface area contributed by atoms with Crippen LogP contribution in [0, 0.1) is 11.6 Å². The van der Waals surface area contributed by atoms with Crippen molar-refractivity contribution in [3.63, 3.8) is 0 Å². The minimum atomic E-state index is -1.47. The van der Waals surface area contributed by atoms with Crippen LogP contribution >= 0.6 is 35.0 Å². The lowest BCUT2D eigenvalue weighted by Gasteiger charge is -2.25. The highest BCUT2D eigenvalue weighted by Crippen LogP contribution is 2.51. The molecule has 3 unspecified atom stereocenters. The van der Waals surface area contributed by atoms with Gasteiger partial charge < -0.3 is 34.7 Å². The number of benzene rings is 4. The number of ether oxygens (including phenoxy) is 5. The van der Waals surface area contributed by atoms with Crippen LogP contribution in [0.5, 0.6) is 23.0 Å². The van der Waals surface area contributed by atoms with E-state index in [9.17, 15) is 9.59 Å². The summed E-state index contributed by atoms with van der Waals surface area (Å²) in [6.45, 7) is 0. The molecule has 9 nitrogen and oxygen atoms in total. The summed E-state index contributed by atoms with van der Waals surface area (Å²) in [7, 11) is 5.46. The number of carbonyl (C=O) groups excluding carboxylic acids is 2. The fourth-order valence-corrected chi connectivity index (χ4v) is 7.27. The van der Waals surface area contributed by atoms with Gasteiger partial charge in [0.2, 0.25) is 5.91 Å². The number of rotatable bonds is 10. The summed E-state index contributed by atoms with van der Waals surface area (Å²) in [5, 5.41) is 1.35. The van der Waals surface area contributed by atoms with Crippen LogP contribution in [0.1, 0.15) is 40.0 Å². The van der Waals surface area contributed by atoms with Gasteiger partial charge in [-0.05, 0) is 66.2 Å². The third-order valence-corrected chi connectivity index (χ3v) is 9.61. The molecule has 1 aliphatic heterocycles. The molecule has 0 spiro atoms. The molecule has 1 amide bonds. The van der Waals surface area contributed by atoms with E-state index in [4.69, 9.17) is 52.6 Å². The summed E-state index contributed by atoms with van der Waals surface area (Å²) in [5.41, 5.74) is 7.31. The molecule has 0 aliphatic carbocycles. The Kier molecular flexibility index (Phi) is 10.8. The van der Waals surface area contributed by atoms with Gasteiger partial charge in [0, 0.05) is 27.0 Å². The molecule has 0 fully saturated rings. The Morgan fingerprint density at radius 1 is 0.875 bits per heavy atom. The Morgan fingerprint density at radius 2 is 1.50 bits per heavy atom. The molecule has 14 heteroatoms. The molecule has 0 saturated heterocycles. The number of thioether (sulfide) groups is 1. The van der Waals surface area contributed by atoms with Gasteiger partial charge in [0.1, 0.15) is 11.6 Å². The minimum absolute atomic E-state index is 0.0377. The van der Waals surface area contributed by atoms with E-state index in [1.165, 1.54) is 64.8 Å². The monoisotopic (exact) mass is 718 g/mol. The Hall–Kier alpha value is -4.39. The van der Waals surface area contributed by atoms with Crippen LogP contribution in [0.15, 0.2) is 60.7 Å². The lowest BCUT2D eigenvalue weighted by Crippen LogP contribution is -2.28. The van der Waals surface area contributed by atoms with Gasteiger partial charge in [-0.15, -0.1) is 11.8 Å². The summed E-state index contributed by atoms with van der Waals surface area (Å²) in [4.78, 5) is 27.5. The van der Waals surface area contributed by atoms with E-state index in [1.54, 1.807) is 18.2 Å². The molecule has 252 valence electrons. The number of fused-ring (bicyclic) bond motifs is 1. The SMILES string of the molecule is COc1ccc(F)c(C(OC(=O)CC2SC(c3c(F)ccc(OC)c3OC)c3cc(Cl)ccc3NC2=O)c2cc(Cl)ccc2N)c1OC. The van der Waals surface area contributed by atoms with Gasteiger partial charge >= 0.3 is 5.97 Å². The van der Waals surface area contributed by atoms with Gasteiger partial charge in [-0.1, -0.05) is 23.2 Å². The van der Waals surface area contributed by atoms with Gasteiger partial charge in [-0.25, -0.2) is 8.78 Å². The first kappa shape index (κ1) is 34.9. The highest BCUT2D eigenvalue weighted by molar-refractivity contribution is 8.01. The molecule has 4 aromatic rings. The Balaban J connectivity index is 1.57. The van der Waals surface area contributed by atoms with Gasteiger partial charge in [-0.2, -0.15) is 0 Å². The average Bonchev–Trinajstić information content (AvgIpc) is 3.19. The number of hydrogen-bond donors (Lipinski definition) is 2. The van der Waals surface area contributed by atoms with Gasteiger partial charge in [-0.3, -0.25) is 9.59 Å². The number of esters is 1.